The summed E-state index contributed by atoms with van der Waals surface area (Å²) in [5.41, 5.74) is 1.68. The molecule has 2 aromatic rings. The SMILES string of the molecule is COc1ccc(OC)c(C(=O)COC(=O)/C(C#N)=C/c2ccc(N(C)C)cc2)c1. The first-order chi connectivity index (χ1) is 13.9. The third-order valence-electron chi connectivity index (χ3n) is 4.10. The summed E-state index contributed by atoms with van der Waals surface area (Å²) >= 11 is 0. The summed E-state index contributed by atoms with van der Waals surface area (Å²) in [4.78, 5) is 26.6. The lowest BCUT2D eigenvalue weighted by molar-refractivity contribution is -0.137. The van der Waals surface area contributed by atoms with Crippen LogP contribution < -0.4 is 14.4 Å². The highest BCUT2D eigenvalue weighted by atomic mass is 16.5. The third kappa shape index (κ3) is 5.59. The van der Waals surface area contributed by atoms with Crippen molar-refractivity contribution in [3.63, 3.8) is 0 Å². The lowest BCUT2D eigenvalue weighted by Gasteiger charge is -2.12. The summed E-state index contributed by atoms with van der Waals surface area (Å²) in [6.45, 7) is -0.527. The van der Waals surface area contributed by atoms with Crippen molar-refractivity contribution in [3.05, 3.63) is 59.2 Å². The number of methoxy groups -OCH3 is 2. The molecule has 0 aliphatic carbocycles. The summed E-state index contributed by atoms with van der Waals surface area (Å²) in [5.74, 6) is -0.538. The van der Waals surface area contributed by atoms with Gasteiger partial charge in [-0.3, -0.25) is 4.79 Å². The first kappa shape index (κ1) is 21.5. The molecule has 0 spiro atoms. The van der Waals surface area contributed by atoms with Gasteiger partial charge >= 0.3 is 5.97 Å². The molecular weight excluding hydrogens is 372 g/mol. The van der Waals surface area contributed by atoms with Gasteiger partial charge in [-0.1, -0.05) is 12.1 Å². The number of nitrogens with zero attached hydrogens (tertiary/aromatic N) is 2. The van der Waals surface area contributed by atoms with E-state index in [1.807, 2.05) is 37.2 Å². The molecule has 29 heavy (non-hydrogen) atoms. The van der Waals surface area contributed by atoms with Crippen molar-refractivity contribution in [2.24, 2.45) is 0 Å². The maximum atomic E-state index is 12.4. The van der Waals surface area contributed by atoms with Crippen molar-refractivity contribution in [1.29, 1.82) is 5.26 Å². The van der Waals surface area contributed by atoms with E-state index in [0.29, 0.717) is 17.1 Å². The molecule has 150 valence electrons. The molecule has 0 unspecified atom stereocenters. The van der Waals surface area contributed by atoms with E-state index in [4.69, 9.17) is 14.2 Å². The van der Waals surface area contributed by atoms with Crippen molar-refractivity contribution >= 4 is 23.5 Å². The van der Waals surface area contributed by atoms with Gasteiger partial charge in [-0.15, -0.1) is 0 Å². The van der Waals surface area contributed by atoms with Gasteiger partial charge in [0.1, 0.15) is 23.1 Å². The summed E-state index contributed by atoms with van der Waals surface area (Å²) in [7, 11) is 6.74. The number of ether oxygens (including phenoxy) is 3. The van der Waals surface area contributed by atoms with E-state index in [9.17, 15) is 14.9 Å². The van der Waals surface area contributed by atoms with Crippen LogP contribution in [0.2, 0.25) is 0 Å². The van der Waals surface area contributed by atoms with Gasteiger partial charge in [-0.2, -0.15) is 5.26 Å². The first-order valence-electron chi connectivity index (χ1n) is 8.71. The van der Waals surface area contributed by atoms with Crippen molar-refractivity contribution in [2.75, 3.05) is 39.8 Å². The Labute approximate surface area is 169 Å². The molecule has 0 bridgehead atoms. The van der Waals surface area contributed by atoms with E-state index in [-0.39, 0.29) is 11.1 Å². The molecule has 0 fully saturated rings. The van der Waals surface area contributed by atoms with Gasteiger partial charge in [-0.25, -0.2) is 4.79 Å². The number of rotatable bonds is 8. The number of carbonyl (C=O) groups excluding carboxylic acids is 2. The predicted octanol–water partition coefficient (Wildman–Crippen LogP) is 3.10. The summed E-state index contributed by atoms with van der Waals surface area (Å²) in [5, 5.41) is 9.28. The minimum atomic E-state index is -0.876. The lowest BCUT2D eigenvalue weighted by atomic mass is 10.1. The number of esters is 1. The van der Waals surface area contributed by atoms with Crippen molar-refractivity contribution in [1.82, 2.24) is 0 Å². The summed E-state index contributed by atoms with van der Waals surface area (Å²) in [6, 6.07) is 13.9. The normalized spacial score (nSPS) is 10.7. The van der Waals surface area contributed by atoms with Gasteiger partial charge < -0.3 is 19.1 Å². The zero-order valence-electron chi connectivity index (χ0n) is 16.8. The van der Waals surface area contributed by atoms with E-state index in [0.717, 1.165) is 5.69 Å². The molecule has 0 saturated carbocycles. The number of Topliss-reactive ketones (excluding diaryl/α,β-unsaturated/α-hetero) is 1. The van der Waals surface area contributed by atoms with E-state index < -0.39 is 18.4 Å². The highest BCUT2D eigenvalue weighted by Crippen LogP contribution is 2.24. The summed E-state index contributed by atoms with van der Waals surface area (Å²) in [6.07, 6.45) is 1.42. The maximum Gasteiger partial charge on any atom is 0.349 e. The Balaban J connectivity index is 2.10. The van der Waals surface area contributed by atoms with Crippen LogP contribution in [-0.2, 0) is 9.53 Å². The second kappa shape index (κ2) is 9.95. The number of nitriles is 1. The zero-order valence-corrected chi connectivity index (χ0v) is 16.8. The fourth-order valence-corrected chi connectivity index (χ4v) is 2.49. The van der Waals surface area contributed by atoms with Gasteiger partial charge in [0.05, 0.1) is 19.8 Å². The van der Waals surface area contributed by atoms with Crippen LogP contribution in [0.25, 0.3) is 6.08 Å². The zero-order chi connectivity index (χ0) is 21.4. The van der Waals surface area contributed by atoms with Gasteiger partial charge in [0.15, 0.2) is 6.61 Å². The Bertz CT molecular complexity index is 956. The Kier molecular flexibility index (Phi) is 7.38. The Morgan fingerprint density at radius 1 is 1.07 bits per heavy atom. The highest BCUT2D eigenvalue weighted by Gasteiger charge is 2.18. The Hall–Kier alpha value is -3.79. The van der Waals surface area contributed by atoms with Gasteiger partial charge in [0.2, 0.25) is 5.78 Å². The fourth-order valence-electron chi connectivity index (χ4n) is 2.49. The predicted molar refractivity (Wildman–Crippen MR) is 109 cm³/mol. The molecule has 0 aromatic heterocycles. The van der Waals surface area contributed by atoms with Crippen LogP contribution >= 0.6 is 0 Å². The maximum absolute atomic E-state index is 12.4. The molecule has 7 heteroatoms. The second-order valence-corrected chi connectivity index (χ2v) is 6.22. The number of anilines is 1. The molecule has 0 amide bonds. The van der Waals surface area contributed by atoms with Crippen LogP contribution in [0.5, 0.6) is 11.5 Å². The fraction of sp³-hybridized carbons (Fsp3) is 0.227. The van der Waals surface area contributed by atoms with Crippen LogP contribution in [-0.4, -0.2) is 46.7 Å². The molecule has 0 aliphatic rings. The monoisotopic (exact) mass is 394 g/mol. The molecule has 0 saturated heterocycles. The van der Waals surface area contributed by atoms with Crippen molar-refractivity contribution in [3.8, 4) is 17.6 Å². The number of hydrogen-bond donors (Lipinski definition) is 0. The molecule has 0 aliphatic heterocycles. The van der Waals surface area contributed by atoms with Crippen LogP contribution in [0.4, 0.5) is 5.69 Å². The van der Waals surface area contributed by atoms with E-state index in [1.54, 1.807) is 24.3 Å². The standard InChI is InChI=1S/C22H22N2O5/c1-24(2)17-7-5-15(6-8-17)11-16(13-23)22(26)29-14-20(25)19-12-18(27-3)9-10-21(19)28-4/h5-12H,14H2,1-4H3/b16-11+. The van der Waals surface area contributed by atoms with Gasteiger partial charge in [0, 0.05) is 19.8 Å². The van der Waals surface area contributed by atoms with Crippen LogP contribution in [0.1, 0.15) is 15.9 Å². The third-order valence-corrected chi connectivity index (χ3v) is 4.10. The largest absolute Gasteiger partial charge is 0.497 e. The first-order valence-corrected chi connectivity index (χ1v) is 8.71. The van der Waals surface area contributed by atoms with Crippen LogP contribution in [0.15, 0.2) is 48.0 Å². The molecule has 0 heterocycles. The second-order valence-electron chi connectivity index (χ2n) is 6.22. The Morgan fingerprint density at radius 2 is 1.76 bits per heavy atom. The van der Waals surface area contributed by atoms with E-state index in [2.05, 4.69) is 0 Å². The molecule has 2 rings (SSSR count). The van der Waals surface area contributed by atoms with Crippen molar-refractivity contribution < 1.29 is 23.8 Å². The number of hydrogen-bond acceptors (Lipinski definition) is 7. The average Bonchev–Trinajstić information content (AvgIpc) is 2.75. The molecule has 0 N–H and O–H groups in total. The van der Waals surface area contributed by atoms with Crippen molar-refractivity contribution in [2.45, 2.75) is 0 Å². The van der Waals surface area contributed by atoms with E-state index >= 15 is 0 Å². The number of ketones is 1. The minimum absolute atomic E-state index is 0.201. The Morgan fingerprint density at radius 3 is 2.31 bits per heavy atom. The van der Waals surface area contributed by atoms with Crippen LogP contribution in [0, 0.1) is 11.3 Å². The number of carbonyl (C=O) groups is 2. The van der Waals surface area contributed by atoms with E-state index in [1.165, 1.54) is 26.4 Å². The van der Waals surface area contributed by atoms with Gasteiger partial charge in [-0.05, 0) is 42.0 Å². The quantitative estimate of drug-likeness (QED) is 0.294. The summed E-state index contributed by atoms with van der Waals surface area (Å²) < 4.78 is 15.3. The number of benzene rings is 2. The molecule has 0 atom stereocenters. The molecule has 7 nitrogen and oxygen atoms in total. The topological polar surface area (TPSA) is 88.9 Å². The lowest BCUT2D eigenvalue weighted by Crippen LogP contribution is -2.16. The molecule has 0 radical (unpaired) electrons. The smallest absolute Gasteiger partial charge is 0.349 e. The highest BCUT2D eigenvalue weighted by molar-refractivity contribution is 6.03. The molecule has 2 aromatic carbocycles. The van der Waals surface area contributed by atoms with Gasteiger partial charge in [0.25, 0.3) is 0 Å². The average molecular weight is 394 g/mol. The van der Waals surface area contributed by atoms with Crippen LogP contribution in [0.3, 0.4) is 0 Å². The minimum Gasteiger partial charge on any atom is -0.497 e. The molecular formula is C22H22N2O5.